The molecular formula is C9H18N2. The fourth-order valence-corrected chi connectivity index (χ4v) is 1.80. The molecule has 0 aromatic rings. The minimum absolute atomic E-state index is 0.123. The summed E-state index contributed by atoms with van der Waals surface area (Å²) < 4.78 is 0. The van der Waals surface area contributed by atoms with Crippen LogP contribution >= 0.6 is 0 Å². The minimum Gasteiger partial charge on any atom is -0.318 e. The van der Waals surface area contributed by atoms with Crippen molar-refractivity contribution >= 4 is 0 Å². The lowest BCUT2D eigenvalue weighted by Crippen LogP contribution is -2.51. The normalized spacial score (nSPS) is 27.7. The molecule has 0 fully saturated rings. The van der Waals surface area contributed by atoms with E-state index in [0.29, 0.717) is 6.67 Å². The van der Waals surface area contributed by atoms with Gasteiger partial charge < -0.3 is 5.73 Å². The highest BCUT2D eigenvalue weighted by Crippen LogP contribution is 2.32. The average molecular weight is 154 g/mol. The Kier molecular flexibility index (Phi) is 1.85. The Morgan fingerprint density at radius 1 is 1.09 bits per heavy atom. The van der Waals surface area contributed by atoms with Crippen LogP contribution in [0.25, 0.3) is 0 Å². The maximum atomic E-state index is 5.67. The zero-order valence-electron chi connectivity index (χ0n) is 7.89. The summed E-state index contributed by atoms with van der Waals surface area (Å²) in [6.45, 7) is 9.36. The summed E-state index contributed by atoms with van der Waals surface area (Å²) in [5.74, 6) is 0. The van der Waals surface area contributed by atoms with E-state index in [4.69, 9.17) is 5.73 Å². The van der Waals surface area contributed by atoms with Crippen molar-refractivity contribution in [1.82, 2.24) is 4.90 Å². The second-order valence-corrected chi connectivity index (χ2v) is 4.25. The van der Waals surface area contributed by atoms with Gasteiger partial charge in [-0.15, -0.1) is 0 Å². The number of hydrogen-bond acceptors (Lipinski definition) is 2. The SMILES string of the molecule is CC1(C)C=CC(C)(C)N1CN. The Morgan fingerprint density at radius 3 is 1.64 bits per heavy atom. The molecule has 0 bridgehead atoms. The zero-order valence-corrected chi connectivity index (χ0v) is 7.89. The first-order valence-electron chi connectivity index (χ1n) is 4.08. The van der Waals surface area contributed by atoms with Crippen molar-refractivity contribution in [2.24, 2.45) is 5.73 Å². The molecule has 0 amide bonds. The Bertz CT molecular complexity index is 162. The van der Waals surface area contributed by atoms with Gasteiger partial charge in [-0.3, -0.25) is 4.90 Å². The fraction of sp³-hybridized carbons (Fsp3) is 0.778. The Balaban J connectivity index is 2.88. The highest BCUT2D eigenvalue weighted by molar-refractivity contribution is 5.20. The lowest BCUT2D eigenvalue weighted by molar-refractivity contribution is 0.100. The summed E-state index contributed by atoms with van der Waals surface area (Å²) in [6.07, 6.45) is 4.44. The van der Waals surface area contributed by atoms with Crippen LogP contribution in [0, 0.1) is 0 Å². The summed E-state index contributed by atoms with van der Waals surface area (Å²) in [4.78, 5) is 2.28. The van der Waals surface area contributed by atoms with Gasteiger partial charge in [0.2, 0.25) is 0 Å². The number of nitrogens with zero attached hydrogens (tertiary/aromatic N) is 1. The second kappa shape index (κ2) is 2.32. The van der Waals surface area contributed by atoms with Crippen LogP contribution in [0.2, 0.25) is 0 Å². The molecule has 1 aliphatic rings. The third-order valence-electron chi connectivity index (χ3n) is 2.47. The van der Waals surface area contributed by atoms with E-state index in [0.717, 1.165) is 0 Å². The molecule has 0 saturated heterocycles. The largest absolute Gasteiger partial charge is 0.318 e. The molecule has 0 atom stereocenters. The molecular weight excluding hydrogens is 136 g/mol. The molecule has 0 saturated carbocycles. The molecule has 0 aromatic carbocycles. The van der Waals surface area contributed by atoms with E-state index in [9.17, 15) is 0 Å². The summed E-state index contributed by atoms with van der Waals surface area (Å²) in [7, 11) is 0. The molecule has 64 valence electrons. The van der Waals surface area contributed by atoms with Gasteiger partial charge >= 0.3 is 0 Å². The molecule has 1 heterocycles. The maximum Gasteiger partial charge on any atom is 0.0471 e. The minimum atomic E-state index is 0.123. The van der Waals surface area contributed by atoms with Gasteiger partial charge in [-0.25, -0.2) is 0 Å². The second-order valence-electron chi connectivity index (χ2n) is 4.25. The standard InChI is InChI=1S/C9H18N2/c1-8(2)5-6-9(3,4)11(8)7-10/h5-6H,7,10H2,1-4H3. The monoisotopic (exact) mass is 154 g/mol. The molecule has 2 N–H and O–H groups in total. The first-order chi connectivity index (χ1) is 4.90. The lowest BCUT2D eigenvalue weighted by atomic mass is 10.0. The van der Waals surface area contributed by atoms with E-state index >= 15 is 0 Å². The van der Waals surface area contributed by atoms with Gasteiger partial charge in [0.25, 0.3) is 0 Å². The van der Waals surface area contributed by atoms with Crippen LogP contribution in [0.15, 0.2) is 12.2 Å². The summed E-state index contributed by atoms with van der Waals surface area (Å²) in [6, 6.07) is 0. The molecule has 11 heavy (non-hydrogen) atoms. The van der Waals surface area contributed by atoms with E-state index in [1.165, 1.54) is 0 Å². The van der Waals surface area contributed by atoms with E-state index < -0.39 is 0 Å². The van der Waals surface area contributed by atoms with E-state index in [-0.39, 0.29) is 11.1 Å². The Labute approximate surface area is 69.1 Å². The van der Waals surface area contributed by atoms with E-state index in [1.807, 2.05) is 0 Å². The molecule has 2 heteroatoms. The van der Waals surface area contributed by atoms with Crippen molar-refractivity contribution in [1.29, 1.82) is 0 Å². The first-order valence-corrected chi connectivity index (χ1v) is 4.08. The molecule has 1 rings (SSSR count). The van der Waals surface area contributed by atoms with Crippen LogP contribution in [0.5, 0.6) is 0 Å². The van der Waals surface area contributed by atoms with E-state index in [2.05, 4.69) is 44.7 Å². The predicted octanol–water partition coefficient (Wildman–Crippen LogP) is 1.33. The summed E-state index contributed by atoms with van der Waals surface area (Å²) >= 11 is 0. The van der Waals surface area contributed by atoms with Crippen LogP contribution in [0.1, 0.15) is 27.7 Å². The van der Waals surface area contributed by atoms with Crippen molar-refractivity contribution in [3.05, 3.63) is 12.2 Å². The van der Waals surface area contributed by atoms with Crippen LogP contribution < -0.4 is 5.73 Å². The Morgan fingerprint density at radius 2 is 1.45 bits per heavy atom. The molecule has 0 aliphatic carbocycles. The smallest absolute Gasteiger partial charge is 0.0471 e. The first kappa shape index (κ1) is 8.75. The number of hydrogen-bond donors (Lipinski definition) is 1. The molecule has 0 radical (unpaired) electrons. The van der Waals surface area contributed by atoms with Crippen molar-refractivity contribution < 1.29 is 0 Å². The van der Waals surface area contributed by atoms with Crippen molar-refractivity contribution in [2.45, 2.75) is 38.8 Å². The van der Waals surface area contributed by atoms with Crippen LogP contribution in [0.3, 0.4) is 0 Å². The van der Waals surface area contributed by atoms with Gasteiger partial charge in [0.15, 0.2) is 0 Å². The van der Waals surface area contributed by atoms with Gasteiger partial charge in [-0.05, 0) is 27.7 Å². The third-order valence-corrected chi connectivity index (χ3v) is 2.47. The quantitative estimate of drug-likeness (QED) is 0.577. The molecule has 2 nitrogen and oxygen atoms in total. The van der Waals surface area contributed by atoms with Crippen LogP contribution in [0.4, 0.5) is 0 Å². The highest BCUT2D eigenvalue weighted by Gasteiger charge is 2.38. The molecule has 0 unspecified atom stereocenters. The van der Waals surface area contributed by atoms with Gasteiger partial charge in [0, 0.05) is 17.7 Å². The number of rotatable bonds is 1. The topological polar surface area (TPSA) is 29.3 Å². The van der Waals surface area contributed by atoms with Crippen molar-refractivity contribution in [3.8, 4) is 0 Å². The maximum absolute atomic E-state index is 5.67. The van der Waals surface area contributed by atoms with Gasteiger partial charge in [0.05, 0.1) is 0 Å². The van der Waals surface area contributed by atoms with Gasteiger partial charge in [-0.1, -0.05) is 12.2 Å². The van der Waals surface area contributed by atoms with E-state index in [1.54, 1.807) is 0 Å². The van der Waals surface area contributed by atoms with Crippen molar-refractivity contribution in [2.75, 3.05) is 6.67 Å². The van der Waals surface area contributed by atoms with Crippen LogP contribution in [-0.2, 0) is 0 Å². The predicted molar refractivity (Wildman–Crippen MR) is 48.2 cm³/mol. The molecule has 1 aliphatic heterocycles. The fourth-order valence-electron chi connectivity index (χ4n) is 1.80. The lowest BCUT2D eigenvalue weighted by Gasteiger charge is -2.39. The third kappa shape index (κ3) is 1.33. The van der Waals surface area contributed by atoms with Crippen molar-refractivity contribution in [3.63, 3.8) is 0 Å². The summed E-state index contributed by atoms with van der Waals surface area (Å²) in [5.41, 5.74) is 5.92. The summed E-state index contributed by atoms with van der Waals surface area (Å²) in [5, 5.41) is 0. The average Bonchev–Trinajstić information content (AvgIpc) is 2.03. The zero-order chi connectivity index (χ0) is 8.70. The highest BCUT2D eigenvalue weighted by atomic mass is 15.3. The van der Waals surface area contributed by atoms with Gasteiger partial charge in [-0.2, -0.15) is 0 Å². The van der Waals surface area contributed by atoms with Crippen LogP contribution in [-0.4, -0.2) is 22.6 Å². The Hall–Kier alpha value is -0.340. The molecule has 0 spiro atoms. The van der Waals surface area contributed by atoms with Gasteiger partial charge in [0.1, 0.15) is 0 Å². The molecule has 0 aromatic heterocycles. The number of nitrogens with two attached hydrogens (primary N) is 1.